The molecule has 0 fully saturated rings. The van der Waals surface area contributed by atoms with Crippen LogP contribution in [-0.2, 0) is 70.5 Å². The molecule has 0 radical (unpaired) electrons. The lowest BCUT2D eigenvalue weighted by Gasteiger charge is -2.43. The van der Waals surface area contributed by atoms with E-state index in [1.807, 2.05) is 34.6 Å². The molecule has 1 aliphatic carbocycles. The first-order valence-corrected chi connectivity index (χ1v) is 28.1. The van der Waals surface area contributed by atoms with Crippen molar-refractivity contribution in [3.8, 4) is 0 Å². The Morgan fingerprint density at radius 3 is 1.70 bits per heavy atom. The molecule has 27 nitrogen and oxygen atoms in total. The number of nitrogens with two attached hydrogens (primary N) is 1. The number of hydrogen-bond acceptors (Lipinski definition) is 15. The molecule has 5 aromatic rings. The summed E-state index contributed by atoms with van der Waals surface area (Å²) in [4.78, 5) is 98.3. The summed E-state index contributed by atoms with van der Waals surface area (Å²) >= 11 is 0. The van der Waals surface area contributed by atoms with Crippen molar-refractivity contribution in [2.45, 2.75) is 130 Å². The Morgan fingerprint density at radius 1 is 0.663 bits per heavy atom. The van der Waals surface area contributed by atoms with E-state index in [1.165, 1.54) is 49.5 Å². The molecule has 5 aromatic carbocycles. The van der Waals surface area contributed by atoms with Crippen LogP contribution in [0.15, 0.2) is 64.8 Å². The van der Waals surface area contributed by atoms with Crippen LogP contribution < -0.4 is 69.1 Å². The van der Waals surface area contributed by atoms with Crippen LogP contribution in [0.4, 0.5) is 47.6 Å². The molecule has 0 saturated carbocycles. The molecule has 0 spiro atoms. The summed E-state index contributed by atoms with van der Waals surface area (Å²) in [5.74, 6) is -4.09. The third-order valence-corrected chi connectivity index (χ3v) is 15.9. The number of primary amides is 1. The van der Waals surface area contributed by atoms with E-state index in [9.17, 15) is 54.3 Å². The first kappa shape index (κ1) is 62.4. The van der Waals surface area contributed by atoms with Gasteiger partial charge in [0.1, 0.15) is 23.8 Å². The molecule has 8 rings (SSSR count). The highest BCUT2D eigenvalue weighted by Crippen LogP contribution is 2.45. The van der Waals surface area contributed by atoms with Gasteiger partial charge in [0.25, 0.3) is 0 Å². The number of nitrogens with one attached hydrogen (secondary N) is 11. The van der Waals surface area contributed by atoms with E-state index in [0.29, 0.717) is 72.9 Å². The number of aliphatic hydroxyl groups is 2. The number of carboxylic acid groups (broad SMARTS) is 3. The molecule has 18 N–H and O–H groups in total. The fraction of sp³-hybridized carbons (Fsp3) is 0.373. The summed E-state index contributed by atoms with van der Waals surface area (Å²) in [6.07, 6.45) is -0.888. The van der Waals surface area contributed by atoms with E-state index in [1.54, 1.807) is 0 Å². The van der Waals surface area contributed by atoms with Crippen LogP contribution >= 0.6 is 0 Å². The lowest BCUT2D eigenvalue weighted by Crippen LogP contribution is -2.66. The van der Waals surface area contributed by atoms with Crippen LogP contribution in [0, 0.1) is 6.92 Å². The number of nitrogens with zero attached hydrogens (tertiary/aromatic N) is 3. The van der Waals surface area contributed by atoms with Gasteiger partial charge in [-0.25, -0.2) is 33.6 Å². The number of hydrogen-bond donors (Lipinski definition) is 17. The number of aromatic carboxylic acids is 3. The van der Waals surface area contributed by atoms with Crippen LogP contribution in [0.1, 0.15) is 143 Å². The SMILES string of the molecule is CCc1c2c(CC)c3c(CC)c1CNC(=O)Nc1ccc(C(=O)O)cc1NC(O)C(c1ccc(C(=O)O)cc1NC(N)=O)(NCc1c(C)c(c(CCCN=[N+]=NC)c4c1C(C)C4)CNC(O)Nc1cc(C(=O)O)ccc1NC(=O)NC2)NC(=O)NC3. The van der Waals surface area contributed by atoms with Gasteiger partial charge in [0.2, 0.25) is 4.91 Å². The number of aliphatic hydroxyl groups excluding tert-OH is 2. The van der Waals surface area contributed by atoms with Crippen molar-refractivity contribution in [2.24, 2.45) is 16.0 Å². The maximum atomic E-state index is 15.4. The van der Waals surface area contributed by atoms with Gasteiger partial charge in [-0.15, -0.1) is 0 Å². The third-order valence-electron chi connectivity index (χ3n) is 15.9. The number of amides is 8. The minimum atomic E-state index is -2.42. The second-order valence-corrected chi connectivity index (χ2v) is 21.0. The fourth-order valence-electron chi connectivity index (χ4n) is 12.0. The molecule has 6 bridgehead atoms. The van der Waals surface area contributed by atoms with Crippen molar-refractivity contribution < 1.29 is 59.1 Å². The van der Waals surface area contributed by atoms with Crippen LogP contribution in [0.3, 0.4) is 0 Å². The van der Waals surface area contributed by atoms with E-state index >= 15 is 4.79 Å². The van der Waals surface area contributed by atoms with Gasteiger partial charge in [0.15, 0.2) is 18.2 Å². The van der Waals surface area contributed by atoms with E-state index in [-0.39, 0.29) is 89.3 Å². The molecule has 454 valence electrons. The number of benzene rings is 5. The molecule has 0 aromatic heterocycles. The number of fused-ring (bicyclic) bond motifs is 12. The van der Waals surface area contributed by atoms with Gasteiger partial charge in [0, 0.05) is 38.3 Å². The largest absolute Gasteiger partial charge is 0.478 e. The van der Waals surface area contributed by atoms with Crippen molar-refractivity contribution in [3.05, 3.63) is 144 Å². The van der Waals surface area contributed by atoms with Crippen LogP contribution in [0.5, 0.6) is 0 Å². The van der Waals surface area contributed by atoms with Gasteiger partial charge >= 0.3 is 42.0 Å². The van der Waals surface area contributed by atoms with Gasteiger partial charge in [0.05, 0.1) is 45.1 Å². The second-order valence-electron chi connectivity index (χ2n) is 21.0. The summed E-state index contributed by atoms with van der Waals surface area (Å²) in [7, 11) is 1.51. The minimum absolute atomic E-state index is 0.0139. The van der Waals surface area contributed by atoms with E-state index in [2.05, 4.69) is 73.6 Å². The average molecular weight is 1180 g/mol. The third kappa shape index (κ3) is 13.3. The second kappa shape index (κ2) is 26.9. The molecular formula is C59H72N15O12+. The van der Waals surface area contributed by atoms with E-state index in [4.69, 9.17) is 5.73 Å². The minimum Gasteiger partial charge on any atom is -0.478 e. The van der Waals surface area contributed by atoms with Crippen molar-refractivity contribution in [1.82, 2.24) is 36.8 Å². The molecule has 3 aliphatic rings. The van der Waals surface area contributed by atoms with Crippen molar-refractivity contribution in [1.29, 1.82) is 0 Å². The predicted molar refractivity (Wildman–Crippen MR) is 319 cm³/mol. The Hall–Kier alpha value is -9.66. The monoisotopic (exact) mass is 1180 g/mol. The van der Waals surface area contributed by atoms with Crippen LogP contribution in [-0.4, -0.2) is 93.7 Å². The average Bonchev–Trinajstić information content (AvgIpc) is 1.03. The standard InChI is InChI=1S/C59H71N15O12/c1-7-33-40-24-63-55(83)70-44-16-13-31(51(77)78)21-47(44)68-53(81)59(43-15-12-30(50(75)76)20-46(43)69-54(60)82)66-27-39-29(5)38(36(11-10-18-67-74-61-6)37-19-28(4)49(37)39)23-62-57(85)72-48-22-32(52(79)80)14-17-45(48)71-56(84)64-25-41(33)35(9-3)42(34(40)8-2)26-65-58(86)73-59/h12-17,20-22,28,53,57,62,66,81,85H,7-11,18-19,23-27H2,1-6H3,(H13,60,61,63,64,65,67,68,69,70,71,72,73,74,75,76,77,78,79,80,82,83,84,86)/p+1. The first-order chi connectivity index (χ1) is 41.1. The van der Waals surface area contributed by atoms with E-state index < -0.39 is 60.3 Å². The number of carbonyl (C=O) groups is 7. The zero-order chi connectivity index (χ0) is 62.1. The van der Waals surface area contributed by atoms with Crippen LogP contribution in [0.2, 0.25) is 0 Å². The lowest BCUT2D eigenvalue weighted by molar-refractivity contribution is 0.0590. The summed E-state index contributed by atoms with van der Waals surface area (Å²) in [5.41, 5.74) is 11.4. The Balaban J connectivity index is 1.43. The molecule has 8 amide bonds. The Kier molecular flexibility index (Phi) is 19.5. The zero-order valence-corrected chi connectivity index (χ0v) is 48.4. The smallest absolute Gasteiger partial charge is 0.335 e. The van der Waals surface area contributed by atoms with Crippen molar-refractivity contribution >= 4 is 70.5 Å². The summed E-state index contributed by atoms with van der Waals surface area (Å²) < 4.78 is 0. The van der Waals surface area contributed by atoms with Gasteiger partial charge in [-0.05, 0) is 167 Å². The molecule has 0 saturated heterocycles. The topological polar surface area (TPSA) is 418 Å². The predicted octanol–water partition coefficient (Wildman–Crippen LogP) is 6.08. The quantitative estimate of drug-likeness (QED) is 0.0382. The number of carboxylic acids is 3. The highest BCUT2D eigenvalue weighted by atomic mass is 16.4. The van der Waals surface area contributed by atoms with Crippen molar-refractivity contribution in [3.63, 3.8) is 0 Å². The molecule has 4 atom stereocenters. The summed E-state index contributed by atoms with van der Waals surface area (Å²) in [6.45, 7) is 9.42. The molecule has 2 aliphatic heterocycles. The van der Waals surface area contributed by atoms with Gasteiger partial charge < -0.3 is 79.1 Å². The number of anilines is 5. The maximum absolute atomic E-state index is 15.4. The fourth-order valence-corrected chi connectivity index (χ4v) is 12.0. The molecular weight excluding hydrogens is 1110 g/mol. The molecule has 4 unspecified atom stereocenters. The van der Waals surface area contributed by atoms with Gasteiger partial charge in [-0.3, -0.25) is 10.6 Å². The highest BCUT2D eigenvalue weighted by Gasteiger charge is 2.45. The Labute approximate surface area is 494 Å². The molecule has 27 heteroatoms. The number of carbonyl (C=O) groups excluding carboxylic acids is 4. The van der Waals surface area contributed by atoms with Crippen LogP contribution in [0.25, 0.3) is 0 Å². The molecule has 2 heterocycles. The Bertz CT molecular complexity index is 3610. The van der Waals surface area contributed by atoms with Gasteiger partial charge in [-0.2, -0.15) is 0 Å². The normalized spacial score (nSPS) is 18.7. The van der Waals surface area contributed by atoms with E-state index in [0.717, 1.165) is 51.1 Å². The number of rotatable bonds is 12. The number of urea groups is 4. The first-order valence-electron chi connectivity index (χ1n) is 28.1. The zero-order valence-electron chi connectivity index (χ0n) is 48.4. The summed E-state index contributed by atoms with van der Waals surface area (Å²) in [6, 6.07) is 7.76. The van der Waals surface area contributed by atoms with Gasteiger partial charge in [-0.1, -0.05) is 33.8 Å². The highest BCUT2D eigenvalue weighted by molar-refractivity contribution is 5.98. The lowest BCUT2D eigenvalue weighted by atomic mass is 9.69. The maximum Gasteiger partial charge on any atom is 0.335 e. The van der Waals surface area contributed by atoms with Crippen molar-refractivity contribution in [2.75, 3.05) is 40.2 Å². The molecule has 86 heavy (non-hydrogen) atoms. The Morgan fingerprint density at radius 2 is 1.19 bits per heavy atom. The summed E-state index contributed by atoms with van der Waals surface area (Å²) in [5, 5.41) is 96.0.